The predicted octanol–water partition coefficient (Wildman–Crippen LogP) is 4.30. The molecule has 0 spiro atoms. The fraction of sp³-hybridized carbons (Fsp3) is 0.300. The van der Waals surface area contributed by atoms with E-state index < -0.39 is 0 Å². The first-order valence-corrected chi connectivity index (χ1v) is 8.14. The van der Waals surface area contributed by atoms with Gasteiger partial charge in [-0.05, 0) is 55.7 Å². The van der Waals surface area contributed by atoms with Crippen LogP contribution in [0, 0.1) is 0 Å². The van der Waals surface area contributed by atoms with Crippen molar-refractivity contribution in [1.29, 1.82) is 0 Å². The van der Waals surface area contributed by atoms with E-state index in [9.17, 15) is 4.79 Å². The van der Waals surface area contributed by atoms with Crippen LogP contribution in [-0.2, 0) is 11.2 Å². The van der Waals surface area contributed by atoms with E-state index in [0.29, 0.717) is 18.1 Å². The largest absolute Gasteiger partial charge is 0.499 e. The average molecular weight is 325 g/mol. The molecule has 2 aromatic rings. The minimum absolute atomic E-state index is 0.0222. The van der Waals surface area contributed by atoms with Crippen molar-refractivity contribution in [1.82, 2.24) is 4.98 Å². The Kier molecular flexibility index (Phi) is 6.55. The van der Waals surface area contributed by atoms with Crippen molar-refractivity contribution in [2.24, 2.45) is 0 Å². The highest BCUT2D eigenvalue weighted by molar-refractivity contribution is 5.95. The summed E-state index contributed by atoms with van der Waals surface area (Å²) in [5, 5.41) is 0. The third-order valence-corrected chi connectivity index (χ3v) is 3.51. The summed E-state index contributed by atoms with van der Waals surface area (Å²) in [6, 6.07) is 11.2. The van der Waals surface area contributed by atoms with Gasteiger partial charge in [-0.3, -0.25) is 9.78 Å². The van der Waals surface area contributed by atoms with Crippen LogP contribution in [0.25, 0.3) is 6.08 Å². The Morgan fingerprint density at radius 1 is 1.12 bits per heavy atom. The lowest BCUT2D eigenvalue weighted by molar-refractivity contribution is 0.0916. The first-order valence-electron chi connectivity index (χ1n) is 8.14. The molecule has 0 atom stereocenters. The molecular weight excluding hydrogens is 302 g/mol. The Balaban J connectivity index is 1.91. The minimum atomic E-state index is -0.131. The van der Waals surface area contributed by atoms with Crippen molar-refractivity contribution in [3.05, 3.63) is 65.2 Å². The number of allylic oxidation sites excluding steroid dienone is 1. The van der Waals surface area contributed by atoms with Gasteiger partial charge in [0.15, 0.2) is 6.61 Å². The van der Waals surface area contributed by atoms with E-state index in [1.165, 1.54) is 0 Å². The Morgan fingerprint density at radius 2 is 1.88 bits per heavy atom. The molecule has 1 heterocycles. The maximum Gasteiger partial charge on any atom is 0.218 e. The summed E-state index contributed by atoms with van der Waals surface area (Å²) < 4.78 is 10.9. The second-order valence-electron chi connectivity index (χ2n) is 5.37. The number of carbonyl (C=O) groups is 1. The Bertz CT molecular complexity index is 688. The third-order valence-electron chi connectivity index (χ3n) is 3.51. The lowest BCUT2D eigenvalue weighted by Gasteiger charge is -2.07. The van der Waals surface area contributed by atoms with E-state index in [1.807, 2.05) is 50.3 Å². The summed E-state index contributed by atoms with van der Waals surface area (Å²) >= 11 is 0. The summed E-state index contributed by atoms with van der Waals surface area (Å²) in [7, 11) is 0. The highest BCUT2D eigenvalue weighted by atomic mass is 16.5. The first-order chi connectivity index (χ1) is 11.6. The number of aromatic nitrogens is 1. The second kappa shape index (κ2) is 8.87. The van der Waals surface area contributed by atoms with Crippen LogP contribution in [-0.4, -0.2) is 24.0 Å². The van der Waals surface area contributed by atoms with Crippen LogP contribution in [0.4, 0.5) is 0 Å². The van der Waals surface area contributed by atoms with Crippen molar-refractivity contribution in [3.8, 4) is 5.75 Å². The maximum absolute atomic E-state index is 12.1. The SMILES string of the molecule is CCO/C(C)=C\c1ccc(OCC(=O)c2ccc(CC)cn2)cc1. The van der Waals surface area contributed by atoms with Crippen molar-refractivity contribution in [2.75, 3.05) is 13.2 Å². The van der Waals surface area contributed by atoms with Gasteiger partial charge in [0.2, 0.25) is 5.78 Å². The third kappa shape index (κ3) is 5.23. The van der Waals surface area contributed by atoms with Gasteiger partial charge in [0.1, 0.15) is 11.4 Å². The second-order valence-corrected chi connectivity index (χ2v) is 5.37. The number of ether oxygens (including phenoxy) is 2. The topological polar surface area (TPSA) is 48.4 Å². The van der Waals surface area contributed by atoms with Gasteiger partial charge in [0.25, 0.3) is 0 Å². The number of carbonyl (C=O) groups excluding carboxylic acids is 1. The van der Waals surface area contributed by atoms with Gasteiger partial charge in [-0.2, -0.15) is 0 Å². The number of aryl methyl sites for hydroxylation is 1. The molecular formula is C20H23NO3. The molecule has 1 aromatic heterocycles. The summed E-state index contributed by atoms with van der Waals surface area (Å²) in [5.74, 6) is 1.39. The van der Waals surface area contributed by atoms with Gasteiger partial charge in [0, 0.05) is 6.20 Å². The number of nitrogens with zero attached hydrogens (tertiary/aromatic N) is 1. The molecule has 126 valence electrons. The van der Waals surface area contributed by atoms with Crippen LogP contribution in [0.15, 0.2) is 48.4 Å². The summed E-state index contributed by atoms with van der Waals surface area (Å²) in [4.78, 5) is 16.3. The first kappa shape index (κ1) is 17.7. The number of benzene rings is 1. The predicted molar refractivity (Wildman–Crippen MR) is 95.2 cm³/mol. The minimum Gasteiger partial charge on any atom is -0.499 e. The number of ketones is 1. The zero-order chi connectivity index (χ0) is 17.4. The molecule has 1 aromatic carbocycles. The summed E-state index contributed by atoms with van der Waals surface area (Å²) in [6.45, 7) is 6.56. The summed E-state index contributed by atoms with van der Waals surface area (Å²) in [6.07, 6.45) is 4.59. The van der Waals surface area contributed by atoms with Crippen molar-refractivity contribution >= 4 is 11.9 Å². The van der Waals surface area contributed by atoms with Crippen LogP contribution in [0.2, 0.25) is 0 Å². The Hall–Kier alpha value is -2.62. The normalized spacial score (nSPS) is 11.2. The maximum atomic E-state index is 12.1. The van der Waals surface area contributed by atoms with Crippen LogP contribution in [0.5, 0.6) is 5.75 Å². The van der Waals surface area contributed by atoms with Crippen LogP contribution >= 0.6 is 0 Å². The van der Waals surface area contributed by atoms with E-state index in [2.05, 4.69) is 11.9 Å². The lowest BCUT2D eigenvalue weighted by atomic mass is 10.2. The molecule has 0 N–H and O–H groups in total. The highest BCUT2D eigenvalue weighted by Crippen LogP contribution is 2.15. The van der Waals surface area contributed by atoms with E-state index in [4.69, 9.17) is 9.47 Å². The zero-order valence-corrected chi connectivity index (χ0v) is 14.4. The van der Waals surface area contributed by atoms with Gasteiger partial charge in [-0.1, -0.05) is 25.1 Å². The monoisotopic (exact) mass is 325 g/mol. The summed E-state index contributed by atoms with van der Waals surface area (Å²) in [5.41, 5.74) is 2.56. The number of rotatable bonds is 8. The van der Waals surface area contributed by atoms with Gasteiger partial charge in [0.05, 0.1) is 12.4 Å². The van der Waals surface area contributed by atoms with Crippen LogP contribution in [0.3, 0.4) is 0 Å². The van der Waals surface area contributed by atoms with Gasteiger partial charge in [-0.15, -0.1) is 0 Å². The van der Waals surface area contributed by atoms with E-state index in [1.54, 1.807) is 12.3 Å². The van der Waals surface area contributed by atoms with Gasteiger partial charge in [-0.25, -0.2) is 0 Å². The van der Waals surface area contributed by atoms with Gasteiger partial charge >= 0.3 is 0 Å². The number of pyridine rings is 1. The molecule has 0 fully saturated rings. The van der Waals surface area contributed by atoms with Crippen LogP contribution in [0.1, 0.15) is 42.4 Å². The van der Waals surface area contributed by atoms with E-state index in [-0.39, 0.29) is 12.4 Å². The number of Topliss-reactive ketones (excluding diaryl/α,β-unsaturated/α-hetero) is 1. The quantitative estimate of drug-likeness (QED) is 0.536. The molecule has 4 nitrogen and oxygen atoms in total. The molecule has 0 amide bonds. The molecule has 4 heteroatoms. The van der Waals surface area contributed by atoms with Crippen LogP contribution < -0.4 is 4.74 Å². The number of hydrogen-bond acceptors (Lipinski definition) is 4. The molecule has 0 bridgehead atoms. The number of hydrogen-bond donors (Lipinski definition) is 0. The molecule has 0 aliphatic carbocycles. The highest BCUT2D eigenvalue weighted by Gasteiger charge is 2.08. The van der Waals surface area contributed by atoms with Crippen molar-refractivity contribution in [3.63, 3.8) is 0 Å². The average Bonchev–Trinajstić information content (AvgIpc) is 2.61. The standard InChI is InChI=1S/C20H23NO3/c1-4-16-8-11-19(21-13-16)20(22)14-24-18-9-6-17(7-10-18)12-15(3)23-5-2/h6-13H,4-5,14H2,1-3H3/b15-12-. The Morgan fingerprint density at radius 3 is 2.46 bits per heavy atom. The fourth-order valence-corrected chi connectivity index (χ4v) is 2.19. The lowest BCUT2D eigenvalue weighted by Crippen LogP contribution is -2.13. The fourth-order valence-electron chi connectivity index (χ4n) is 2.19. The van der Waals surface area contributed by atoms with Gasteiger partial charge < -0.3 is 9.47 Å². The molecule has 0 saturated heterocycles. The molecule has 0 aliphatic heterocycles. The zero-order valence-electron chi connectivity index (χ0n) is 14.4. The van der Waals surface area contributed by atoms with Crippen molar-refractivity contribution in [2.45, 2.75) is 27.2 Å². The van der Waals surface area contributed by atoms with E-state index in [0.717, 1.165) is 23.3 Å². The molecule has 0 radical (unpaired) electrons. The molecule has 0 aliphatic rings. The molecule has 0 unspecified atom stereocenters. The molecule has 24 heavy (non-hydrogen) atoms. The van der Waals surface area contributed by atoms with Crippen molar-refractivity contribution < 1.29 is 14.3 Å². The molecule has 2 rings (SSSR count). The smallest absolute Gasteiger partial charge is 0.218 e. The molecule has 0 saturated carbocycles. The Labute approximate surface area is 143 Å². The van der Waals surface area contributed by atoms with E-state index >= 15 is 0 Å².